The summed E-state index contributed by atoms with van der Waals surface area (Å²) in [4.78, 5) is 11.0. The number of hydrogen-bond acceptors (Lipinski definition) is 3. The van der Waals surface area contributed by atoms with Gasteiger partial charge in [-0.25, -0.2) is 17.5 Å². The van der Waals surface area contributed by atoms with Crippen LogP contribution >= 0.6 is 15.9 Å². The van der Waals surface area contributed by atoms with Crippen molar-refractivity contribution < 1.29 is 18.3 Å². The summed E-state index contributed by atoms with van der Waals surface area (Å²) in [6.45, 7) is 4.36. The quantitative estimate of drug-likeness (QED) is 0.842. The molecule has 1 aromatic rings. The maximum atomic E-state index is 12.4. The predicted molar refractivity (Wildman–Crippen MR) is 80.4 cm³/mol. The van der Waals surface area contributed by atoms with Crippen molar-refractivity contribution in [2.75, 3.05) is 13.6 Å². The van der Waals surface area contributed by atoms with Crippen molar-refractivity contribution in [3.05, 3.63) is 28.2 Å². The van der Waals surface area contributed by atoms with E-state index in [9.17, 15) is 13.2 Å². The zero-order valence-corrected chi connectivity index (χ0v) is 14.0. The van der Waals surface area contributed by atoms with Crippen LogP contribution in [0.15, 0.2) is 27.6 Å². The number of carbonyl (C=O) groups is 1. The molecule has 0 saturated carbocycles. The number of carboxylic acid groups (broad SMARTS) is 1. The molecule has 0 aliphatic rings. The third-order valence-corrected chi connectivity index (χ3v) is 5.65. The highest BCUT2D eigenvalue weighted by Crippen LogP contribution is 2.23. The number of rotatable bonds is 6. The van der Waals surface area contributed by atoms with Crippen molar-refractivity contribution in [3.63, 3.8) is 0 Å². The minimum absolute atomic E-state index is 0.0103. The molecule has 0 fully saturated rings. The second-order valence-corrected chi connectivity index (χ2v) is 7.64. The summed E-state index contributed by atoms with van der Waals surface area (Å²) >= 11 is 3.10. The van der Waals surface area contributed by atoms with Gasteiger partial charge in [0, 0.05) is 18.1 Å². The van der Waals surface area contributed by atoms with E-state index in [1.807, 2.05) is 13.8 Å². The first-order chi connectivity index (χ1) is 9.20. The van der Waals surface area contributed by atoms with Crippen LogP contribution in [0, 0.1) is 5.92 Å². The van der Waals surface area contributed by atoms with Gasteiger partial charge in [-0.05, 0) is 40.0 Å². The van der Waals surface area contributed by atoms with Gasteiger partial charge in [-0.1, -0.05) is 20.3 Å². The average molecular weight is 364 g/mol. The number of nitrogens with zero attached hydrogens (tertiary/aromatic N) is 1. The molecule has 5 nitrogen and oxygen atoms in total. The highest BCUT2D eigenvalue weighted by molar-refractivity contribution is 9.10. The van der Waals surface area contributed by atoms with Gasteiger partial charge in [-0.2, -0.15) is 0 Å². The molecule has 20 heavy (non-hydrogen) atoms. The number of hydrogen-bond donors (Lipinski definition) is 1. The van der Waals surface area contributed by atoms with Crippen LogP contribution < -0.4 is 0 Å². The van der Waals surface area contributed by atoms with Gasteiger partial charge in [0.1, 0.15) is 0 Å². The lowest BCUT2D eigenvalue weighted by atomic mass is 10.1. The van der Waals surface area contributed by atoms with Crippen LogP contribution in [0.4, 0.5) is 0 Å². The number of carboxylic acids is 1. The van der Waals surface area contributed by atoms with E-state index in [4.69, 9.17) is 5.11 Å². The van der Waals surface area contributed by atoms with Crippen molar-refractivity contribution in [1.82, 2.24) is 4.31 Å². The molecule has 0 aromatic heterocycles. The molecule has 0 spiro atoms. The van der Waals surface area contributed by atoms with Gasteiger partial charge in [0.2, 0.25) is 10.0 Å². The molecule has 1 N–H and O–H groups in total. The Bertz CT molecular complexity index is 600. The van der Waals surface area contributed by atoms with Crippen LogP contribution in [0.25, 0.3) is 0 Å². The summed E-state index contributed by atoms with van der Waals surface area (Å²) in [6.07, 6.45) is 0.876. The normalized spacial score (nSPS) is 13.4. The van der Waals surface area contributed by atoms with Gasteiger partial charge in [0.25, 0.3) is 0 Å². The van der Waals surface area contributed by atoms with E-state index in [-0.39, 0.29) is 16.4 Å². The van der Waals surface area contributed by atoms with E-state index in [1.165, 1.54) is 29.6 Å². The fourth-order valence-corrected chi connectivity index (χ4v) is 3.41. The molecular weight excluding hydrogens is 346 g/mol. The standard InChI is InChI=1S/C13H18BrNO4S/c1-4-9(2)8-15(3)20(18,19)10-5-6-12(14)11(7-10)13(16)17/h5-7,9H,4,8H2,1-3H3,(H,16,17). The molecule has 7 heteroatoms. The summed E-state index contributed by atoms with van der Waals surface area (Å²) in [5, 5.41) is 9.04. The van der Waals surface area contributed by atoms with Gasteiger partial charge in [0.05, 0.1) is 10.5 Å². The number of halogens is 1. The Labute approximate surface area is 127 Å². The molecule has 0 aliphatic carbocycles. The van der Waals surface area contributed by atoms with E-state index < -0.39 is 16.0 Å². The smallest absolute Gasteiger partial charge is 0.336 e. The van der Waals surface area contributed by atoms with Gasteiger partial charge in [-0.15, -0.1) is 0 Å². The first-order valence-electron chi connectivity index (χ1n) is 6.19. The van der Waals surface area contributed by atoms with Crippen molar-refractivity contribution in [1.29, 1.82) is 0 Å². The zero-order chi connectivity index (χ0) is 15.5. The molecule has 1 rings (SSSR count). The molecule has 112 valence electrons. The van der Waals surface area contributed by atoms with E-state index in [2.05, 4.69) is 15.9 Å². The van der Waals surface area contributed by atoms with Crippen LogP contribution in [0.5, 0.6) is 0 Å². The third-order valence-electron chi connectivity index (χ3n) is 3.14. The van der Waals surface area contributed by atoms with Crippen molar-refractivity contribution in [3.8, 4) is 0 Å². The van der Waals surface area contributed by atoms with Crippen LogP contribution in [-0.2, 0) is 10.0 Å². The maximum absolute atomic E-state index is 12.4. The van der Waals surface area contributed by atoms with Crippen molar-refractivity contribution in [2.24, 2.45) is 5.92 Å². The Hall–Kier alpha value is -0.920. The Morgan fingerprint density at radius 1 is 1.45 bits per heavy atom. The zero-order valence-electron chi connectivity index (χ0n) is 11.6. The number of sulfonamides is 1. The predicted octanol–water partition coefficient (Wildman–Crippen LogP) is 2.81. The fourth-order valence-electron chi connectivity index (χ4n) is 1.67. The van der Waals surface area contributed by atoms with Crippen LogP contribution in [0.3, 0.4) is 0 Å². The monoisotopic (exact) mass is 363 g/mol. The Kier molecular flexibility index (Phi) is 5.73. The lowest BCUT2D eigenvalue weighted by molar-refractivity contribution is 0.0695. The second-order valence-electron chi connectivity index (χ2n) is 4.75. The van der Waals surface area contributed by atoms with Crippen LogP contribution in [0.2, 0.25) is 0 Å². The van der Waals surface area contributed by atoms with E-state index in [0.717, 1.165) is 6.42 Å². The van der Waals surface area contributed by atoms with E-state index >= 15 is 0 Å². The molecule has 0 radical (unpaired) electrons. The largest absolute Gasteiger partial charge is 0.478 e. The summed E-state index contributed by atoms with van der Waals surface area (Å²) in [5.41, 5.74) is -0.0667. The van der Waals surface area contributed by atoms with Gasteiger partial charge < -0.3 is 5.11 Å². The summed E-state index contributed by atoms with van der Waals surface area (Å²) in [7, 11) is -2.16. The molecule has 0 bridgehead atoms. The van der Waals surface area contributed by atoms with Crippen molar-refractivity contribution >= 4 is 31.9 Å². The Morgan fingerprint density at radius 3 is 2.55 bits per heavy atom. The molecule has 1 atom stereocenters. The fraction of sp³-hybridized carbons (Fsp3) is 0.462. The Balaban J connectivity index is 3.16. The molecule has 0 amide bonds. The number of benzene rings is 1. The second kappa shape index (κ2) is 6.69. The molecule has 1 aromatic carbocycles. The van der Waals surface area contributed by atoms with Gasteiger partial charge in [0.15, 0.2) is 0 Å². The third kappa shape index (κ3) is 3.80. The highest BCUT2D eigenvalue weighted by Gasteiger charge is 2.23. The molecule has 0 aliphatic heterocycles. The van der Waals surface area contributed by atoms with Crippen LogP contribution in [0.1, 0.15) is 30.6 Å². The van der Waals surface area contributed by atoms with E-state index in [1.54, 1.807) is 0 Å². The molecule has 1 unspecified atom stereocenters. The van der Waals surface area contributed by atoms with Gasteiger partial charge in [-0.3, -0.25) is 0 Å². The maximum Gasteiger partial charge on any atom is 0.336 e. The topological polar surface area (TPSA) is 74.7 Å². The summed E-state index contributed by atoms with van der Waals surface area (Å²) < 4.78 is 26.4. The molecule has 0 heterocycles. The highest BCUT2D eigenvalue weighted by atomic mass is 79.9. The summed E-state index contributed by atoms with van der Waals surface area (Å²) in [5.74, 6) is -0.928. The molecule has 0 saturated heterocycles. The van der Waals surface area contributed by atoms with E-state index in [0.29, 0.717) is 11.0 Å². The summed E-state index contributed by atoms with van der Waals surface area (Å²) in [6, 6.07) is 4.02. The first kappa shape index (κ1) is 17.1. The van der Waals surface area contributed by atoms with Gasteiger partial charge >= 0.3 is 5.97 Å². The molecular formula is C13H18BrNO4S. The minimum atomic E-state index is -3.67. The SMILES string of the molecule is CCC(C)CN(C)S(=O)(=O)c1ccc(Br)c(C(=O)O)c1. The van der Waals surface area contributed by atoms with Crippen molar-refractivity contribution in [2.45, 2.75) is 25.2 Å². The first-order valence-corrected chi connectivity index (χ1v) is 8.42. The lowest BCUT2D eigenvalue weighted by Gasteiger charge is -2.20. The average Bonchev–Trinajstić information content (AvgIpc) is 2.38. The lowest BCUT2D eigenvalue weighted by Crippen LogP contribution is -2.31. The Morgan fingerprint density at radius 2 is 2.05 bits per heavy atom. The van der Waals surface area contributed by atoms with Crippen LogP contribution in [-0.4, -0.2) is 37.4 Å². The minimum Gasteiger partial charge on any atom is -0.478 e. The number of aromatic carboxylic acids is 1.